The number of fused-ring (bicyclic) bond motifs is 8. The number of ether oxygens (including phenoxy) is 4. The van der Waals surface area contributed by atoms with Gasteiger partial charge in [-0.15, -0.1) is 0 Å². The lowest BCUT2D eigenvalue weighted by Gasteiger charge is -2.39. The normalized spacial score (nSPS) is 19.4. The van der Waals surface area contributed by atoms with Gasteiger partial charge in [0.05, 0.1) is 27.4 Å². The fourth-order valence-corrected chi connectivity index (χ4v) is 7.68. The maximum absolute atomic E-state index is 7.46. The van der Waals surface area contributed by atoms with Crippen molar-refractivity contribution in [2.75, 3.05) is 45.4 Å². The van der Waals surface area contributed by atoms with Gasteiger partial charge in [-0.2, -0.15) is 0 Å². The molecular formula is C40H37NO4. The smallest absolute Gasteiger partial charge is 0.178 e. The van der Waals surface area contributed by atoms with Crippen LogP contribution >= 0.6 is 0 Å². The Morgan fingerprint density at radius 3 is 2.09 bits per heavy atom. The molecule has 1 saturated heterocycles. The zero-order chi connectivity index (χ0) is 30.8. The Morgan fingerprint density at radius 2 is 1.38 bits per heavy atom. The first-order chi connectivity index (χ1) is 22.0. The summed E-state index contributed by atoms with van der Waals surface area (Å²) in [6, 6.07) is 32.4. The SMILES string of the molecule is COc1cc2c3c(c4c(c2cc1OC)-c1ccccc1C4(C)C)C=CC(c1ccccc1)(c1ccc(N2CCOCC2)cc1)O3. The molecule has 0 saturated carbocycles. The summed E-state index contributed by atoms with van der Waals surface area (Å²) >= 11 is 0. The monoisotopic (exact) mass is 595 g/mol. The van der Waals surface area contributed by atoms with E-state index in [2.05, 4.69) is 122 Å². The van der Waals surface area contributed by atoms with Crippen LogP contribution in [0.15, 0.2) is 97.1 Å². The van der Waals surface area contributed by atoms with Crippen LogP contribution in [0.2, 0.25) is 0 Å². The van der Waals surface area contributed by atoms with Crippen LogP contribution in [0.4, 0.5) is 5.69 Å². The first kappa shape index (κ1) is 27.8. The minimum absolute atomic E-state index is 0.225. The molecule has 5 aromatic rings. The molecule has 8 rings (SSSR count). The fraction of sp³-hybridized carbons (Fsp3) is 0.250. The average molecular weight is 596 g/mol. The lowest BCUT2D eigenvalue weighted by molar-refractivity contribution is 0.122. The van der Waals surface area contributed by atoms with Crippen LogP contribution in [0.1, 0.15) is 41.7 Å². The van der Waals surface area contributed by atoms with E-state index in [1.54, 1.807) is 14.2 Å². The summed E-state index contributed by atoms with van der Waals surface area (Å²) in [4.78, 5) is 2.38. The van der Waals surface area contributed by atoms with Crippen molar-refractivity contribution < 1.29 is 18.9 Å². The van der Waals surface area contributed by atoms with Crippen LogP contribution in [-0.2, 0) is 15.8 Å². The Labute approximate surface area is 264 Å². The minimum atomic E-state index is -0.832. The summed E-state index contributed by atoms with van der Waals surface area (Å²) in [5.74, 6) is 2.24. The average Bonchev–Trinajstić information content (AvgIpc) is 3.35. The number of nitrogens with zero attached hydrogens (tertiary/aromatic N) is 1. The molecule has 1 aliphatic carbocycles. The lowest BCUT2D eigenvalue weighted by atomic mass is 9.76. The summed E-state index contributed by atoms with van der Waals surface area (Å²) in [6.45, 7) is 7.94. The maximum atomic E-state index is 7.46. The zero-order valence-electron chi connectivity index (χ0n) is 26.2. The number of hydrogen-bond acceptors (Lipinski definition) is 5. The topological polar surface area (TPSA) is 40.2 Å². The molecule has 2 heterocycles. The van der Waals surface area contributed by atoms with Crippen molar-refractivity contribution in [3.63, 3.8) is 0 Å². The molecule has 2 aliphatic heterocycles. The largest absolute Gasteiger partial charge is 0.493 e. The molecule has 0 bridgehead atoms. The Hall–Kier alpha value is -4.74. The van der Waals surface area contributed by atoms with Gasteiger partial charge in [0, 0.05) is 46.3 Å². The van der Waals surface area contributed by atoms with Crippen LogP contribution < -0.4 is 19.1 Å². The summed E-state index contributed by atoms with van der Waals surface area (Å²) in [7, 11) is 3.38. The van der Waals surface area contributed by atoms with E-state index < -0.39 is 5.60 Å². The van der Waals surface area contributed by atoms with E-state index in [0.29, 0.717) is 11.5 Å². The molecule has 5 nitrogen and oxygen atoms in total. The van der Waals surface area contributed by atoms with Crippen molar-refractivity contribution in [3.8, 4) is 28.4 Å². The second-order valence-electron chi connectivity index (χ2n) is 12.6. The Balaban J connectivity index is 1.39. The van der Waals surface area contributed by atoms with E-state index >= 15 is 0 Å². The molecule has 3 aliphatic rings. The van der Waals surface area contributed by atoms with E-state index in [-0.39, 0.29) is 5.41 Å². The number of benzene rings is 5. The Kier molecular flexibility index (Phi) is 6.43. The molecule has 0 N–H and O–H groups in total. The first-order valence-electron chi connectivity index (χ1n) is 15.7. The van der Waals surface area contributed by atoms with Gasteiger partial charge >= 0.3 is 0 Å². The number of methoxy groups -OCH3 is 2. The molecule has 1 unspecified atom stereocenters. The fourth-order valence-electron chi connectivity index (χ4n) is 7.68. The predicted octanol–water partition coefficient (Wildman–Crippen LogP) is 8.35. The van der Waals surface area contributed by atoms with Crippen molar-refractivity contribution in [2.24, 2.45) is 0 Å². The summed E-state index contributed by atoms with van der Waals surface area (Å²) in [5, 5.41) is 2.10. The van der Waals surface area contributed by atoms with Gasteiger partial charge in [-0.1, -0.05) is 86.7 Å². The molecule has 45 heavy (non-hydrogen) atoms. The number of hydrogen-bond donors (Lipinski definition) is 0. The molecule has 226 valence electrons. The first-order valence-corrected chi connectivity index (χ1v) is 15.7. The third kappa shape index (κ3) is 4.10. The highest BCUT2D eigenvalue weighted by atomic mass is 16.5. The second-order valence-corrected chi connectivity index (χ2v) is 12.6. The number of anilines is 1. The highest BCUT2D eigenvalue weighted by Crippen LogP contribution is 2.59. The third-order valence-corrected chi connectivity index (χ3v) is 9.92. The van der Waals surface area contributed by atoms with Gasteiger partial charge < -0.3 is 23.8 Å². The maximum Gasteiger partial charge on any atom is 0.178 e. The summed E-state index contributed by atoms with van der Waals surface area (Å²) < 4.78 is 24.7. The highest BCUT2D eigenvalue weighted by Gasteiger charge is 2.44. The highest BCUT2D eigenvalue weighted by molar-refractivity contribution is 6.09. The molecule has 0 amide bonds. The Bertz CT molecular complexity index is 1960. The van der Waals surface area contributed by atoms with E-state index in [4.69, 9.17) is 18.9 Å². The van der Waals surface area contributed by atoms with Gasteiger partial charge in [0.1, 0.15) is 5.75 Å². The minimum Gasteiger partial charge on any atom is -0.493 e. The standard InChI is InChI=1S/C40H37NO4/c1-39(2)33-13-9-8-12-29(33)36-31-24-34(42-3)35(43-4)25-32(31)38-30(37(36)39)18-19-40(45-38,26-10-6-5-7-11-26)27-14-16-28(17-15-27)41-20-22-44-23-21-41/h5-19,24-25H,20-23H2,1-4H3. The van der Waals surface area contributed by atoms with E-state index in [9.17, 15) is 0 Å². The molecule has 5 heteroatoms. The van der Waals surface area contributed by atoms with Crippen LogP contribution in [0.25, 0.3) is 28.0 Å². The van der Waals surface area contributed by atoms with Crippen LogP contribution in [0.3, 0.4) is 0 Å². The molecule has 5 aromatic carbocycles. The second kappa shape index (κ2) is 10.4. The molecule has 0 spiro atoms. The van der Waals surface area contributed by atoms with Gasteiger partial charge in [0.25, 0.3) is 0 Å². The zero-order valence-corrected chi connectivity index (χ0v) is 26.2. The number of morpholine rings is 1. The van der Waals surface area contributed by atoms with Crippen LogP contribution in [0, 0.1) is 0 Å². The van der Waals surface area contributed by atoms with E-state index in [1.165, 1.54) is 27.9 Å². The molecular weight excluding hydrogens is 558 g/mol. The summed E-state index contributed by atoms with van der Waals surface area (Å²) in [5.41, 5.74) is 8.49. The Morgan fingerprint density at radius 1 is 0.733 bits per heavy atom. The van der Waals surface area contributed by atoms with Gasteiger partial charge in [0.15, 0.2) is 17.1 Å². The van der Waals surface area contributed by atoms with Crippen molar-refractivity contribution in [1.82, 2.24) is 0 Å². The van der Waals surface area contributed by atoms with Gasteiger partial charge in [0.2, 0.25) is 0 Å². The van der Waals surface area contributed by atoms with Crippen molar-refractivity contribution in [2.45, 2.75) is 24.9 Å². The molecule has 0 aromatic heterocycles. The van der Waals surface area contributed by atoms with E-state index in [1.807, 2.05) is 0 Å². The molecule has 1 fully saturated rings. The quantitative estimate of drug-likeness (QED) is 0.204. The lowest BCUT2D eigenvalue weighted by Crippen LogP contribution is -2.37. The third-order valence-electron chi connectivity index (χ3n) is 9.92. The van der Waals surface area contributed by atoms with Crippen LogP contribution in [0.5, 0.6) is 17.2 Å². The molecule has 1 atom stereocenters. The van der Waals surface area contributed by atoms with Gasteiger partial charge in [-0.3, -0.25) is 0 Å². The van der Waals surface area contributed by atoms with Crippen molar-refractivity contribution in [3.05, 3.63) is 125 Å². The van der Waals surface area contributed by atoms with Gasteiger partial charge in [-0.05, 0) is 58.0 Å². The number of rotatable bonds is 5. The predicted molar refractivity (Wildman–Crippen MR) is 181 cm³/mol. The molecule has 0 radical (unpaired) electrons. The van der Waals surface area contributed by atoms with Crippen molar-refractivity contribution in [1.29, 1.82) is 0 Å². The van der Waals surface area contributed by atoms with Crippen molar-refractivity contribution >= 4 is 22.5 Å². The van der Waals surface area contributed by atoms with Crippen LogP contribution in [-0.4, -0.2) is 40.5 Å². The van der Waals surface area contributed by atoms with Gasteiger partial charge in [-0.25, -0.2) is 0 Å². The van der Waals surface area contributed by atoms with E-state index in [0.717, 1.165) is 59.5 Å². The summed E-state index contributed by atoms with van der Waals surface area (Å²) in [6.07, 6.45) is 4.55.